The summed E-state index contributed by atoms with van der Waals surface area (Å²) in [6, 6.07) is 21.8. The number of nitrogens with one attached hydrogen (secondary N) is 1. The van der Waals surface area contributed by atoms with Gasteiger partial charge in [-0.05, 0) is 50.0 Å². The highest BCUT2D eigenvalue weighted by Crippen LogP contribution is 2.19. The van der Waals surface area contributed by atoms with E-state index in [-0.39, 0.29) is 11.9 Å². The third kappa shape index (κ3) is 5.02. The Kier molecular flexibility index (Phi) is 6.50. The lowest BCUT2D eigenvalue weighted by Gasteiger charge is -2.23. The van der Waals surface area contributed by atoms with Crippen LogP contribution in [0.5, 0.6) is 0 Å². The normalized spacial score (nSPS) is 12.0. The van der Waals surface area contributed by atoms with Gasteiger partial charge in [0.1, 0.15) is 5.76 Å². The fourth-order valence-corrected chi connectivity index (χ4v) is 3.14. The van der Waals surface area contributed by atoms with Crippen LogP contribution in [-0.4, -0.2) is 38.5 Å². The molecule has 0 aliphatic carbocycles. The summed E-state index contributed by atoms with van der Waals surface area (Å²) >= 11 is 0. The molecular formula is C23H27N3O2. The highest BCUT2D eigenvalue weighted by Gasteiger charge is 2.18. The molecule has 28 heavy (non-hydrogen) atoms. The van der Waals surface area contributed by atoms with Crippen LogP contribution in [0.1, 0.15) is 27.7 Å². The molecule has 0 spiro atoms. The first kappa shape index (κ1) is 19.7. The number of furan rings is 1. The number of carbonyl (C=O) groups excluding carboxylic acids is 1. The molecule has 3 aromatic rings. The molecule has 0 aliphatic heterocycles. The van der Waals surface area contributed by atoms with E-state index < -0.39 is 0 Å². The van der Waals surface area contributed by atoms with Gasteiger partial charge in [0.15, 0.2) is 0 Å². The Morgan fingerprint density at radius 3 is 2.46 bits per heavy atom. The van der Waals surface area contributed by atoms with Gasteiger partial charge in [-0.1, -0.05) is 36.4 Å². The lowest BCUT2D eigenvalue weighted by Crippen LogP contribution is -2.34. The minimum atomic E-state index is -0.0895. The largest absolute Gasteiger partial charge is 0.468 e. The van der Waals surface area contributed by atoms with E-state index in [1.165, 1.54) is 5.56 Å². The van der Waals surface area contributed by atoms with Gasteiger partial charge in [-0.25, -0.2) is 0 Å². The summed E-state index contributed by atoms with van der Waals surface area (Å²) in [5.74, 6) is 0.745. The predicted molar refractivity (Wildman–Crippen MR) is 112 cm³/mol. The van der Waals surface area contributed by atoms with Gasteiger partial charge in [-0.15, -0.1) is 0 Å². The molecule has 0 saturated heterocycles. The van der Waals surface area contributed by atoms with E-state index in [9.17, 15) is 4.79 Å². The Balaban J connectivity index is 1.65. The molecule has 1 unspecified atom stereocenters. The van der Waals surface area contributed by atoms with E-state index in [0.717, 1.165) is 18.0 Å². The van der Waals surface area contributed by atoms with Gasteiger partial charge in [0.2, 0.25) is 0 Å². The van der Waals surface area contributed by atoms with E-state index in [1.54, 1.807) is 6.26 Å². The monoisotopic (exact) mass is 377 g/mol. The second-order valence-corrected chi connectivity index (χ2v) is 7.10. The van der Waals surface area contributed by atoms with Crippen LogP contribution in [0.4, 0.5) is 5.69 Å². The third-order valence-corrected chi connectivity index (χ3v) is 4.76. The molecule has 1 amide bonds. The van der Waals surface area contributed by atoms with E-state index in [0.29, 0.717) is 12.1 Å². The second-order valence-electron chi connectivity index (χ2n) is 7.10. The Bertz CT molecular complexity index is 876. The number of amides is 1. The number of rotatable bonds is 8. The number of likely N-dealkylation sites (N-methyl/N-ethyl adjacent to an activating group) is 1. The van der Waals surface area contributed by atoms with Gasteiger partial charge in [0.05, 0.1) is 12.3 Å². The minimum Gasteiger partial charge on any atom is -0.468 e. The zero-order valence-electron chi connectivity index (χ0n) is 16.6. The molecule has 5 heteroatoms. The number of hydrogen-bond donors (Lipinski definition) is 1. The van der Waals surface area contributed by atoms with Gasteiger partial charge in [0, 0.05) is 31.4 Å². The average Bonchev–Trinajstić information content (AvgIpc) is 3.23. The topological polar surface area (TPSA) is 48.7 Å². The van der Waals surface area contributed by atoms with Crippen LogP contribution in [0.25, 0.3) is 0 Å². The maximum absolute atomic E-state index is 12.7. The van der Waals surface area contributed by atoms with Crippen LogP contribution >= 0.6 is 0 Å². The van der Waals surface area contributed by atoms with Crippen molar-refractivity contribution in [2.24, 2.45) is 0 Å². The minimum absolute atomic E-state index is 0.0112. The first-order valence-electron chi connectivity index (χ1n) is 9.38. The first-order chi connectivity index (χ1) is 13.5. The van der Waals surface area contributed by atoms with Crippen LogP contribution in [0.3, 0.4) is 0 Å². The van der Waals surface area contributed by atoms with Crippen molar-refractivity contribution in [2.45, 2.75) is 12.6 Å². The quantitative estimate of drug-likeness (QED) is 0.646. The van der Waals surface area contributed by atoms with E-state index in [2.05, 4.69) is 22.3 Å². The number of hydrogen-bond acceptors (Lipinski definition) is 4. The number of benzene rings is 2. The number of anilines is 1. The van der Waals surface area contributed by atoms with Crippen LogP contribution in [-0.2, 0) is 6.54 Å². The van der Waals surface area contributed by atoms with E-state index in [1.807, 2.05) is 80.6 Å². The van der Waals surface area contributed by atoms with Crippen molar-refractivity contribution in [1.29, 1.82) is 0 Å². The van der Waals surface area contributed by atoms with Gasteiger partial charge < -0.3 is 14.6 Å². The fraction of sp³-hybridized carbons (Fsp3) is 0.261. The Morgan fingerprint density at radius 1 is 1.00 bits per heavy atom. The molecule has 3 rings (SSSR count). The SMILES string of the molecule is CN(Cc1ccccc1)c1cccc(C(=O)NCC(c2ccco2)N(C)C)c1. The standard InChI is InChI=1S/C23H27N3O2/c1-25(2)21(22-13-8-14-28-22)16-24-23(27)19-11-7-12-20(15-19)26(3)17-18-9-5-4-6-10-18/h4-15,21H,16-17H2,1-3H3,(H,24,27). The summed E-state index contributed by atoms with van der Waals surface area (Å²) in [5.41, 5.74) is 2.88. The summed E-state index contributed by atoms with van der Waals surface area (Å²) in [6.45, 7) is 1.26. The molecule has 0 bridgehead atoms. The number of nitrogens with zero attached hydrogens (tertiary/aromatic N) is 2. The zero-order valence-corrected chi connectivity index (χ0v) is 16.6. The van der Waals surface area contributed by atoms with Gasteiger partial charge in [-0.3, -0.25) is 9.69 Å². The second kappa shape index (κ2) is 9.24. The molecule has 1 N–H and O–H groups in total. The fourth-order valence-electron chi connectivity index (χ4n) is 3.14. The van der Waals surface area contributed by atoms with Gasteiger partial charge in [0.25, 0.3) is 5.91 Å². The number of carbonyl (C=O) groups is 1. The molecule has 0 radical (unpaired) electrons. The zero-order chi connectivity index (χ0) is 19.9. The maximum Gasteiger partial charge on any atom is 0.251 e. The highest BCUT2D eigenvalue weighted by atomic mass is 16.3. The van der Waals surface area contributed by atoms with Crippen molar-refractivity contribution in [3.8, 4) is 0 Å². The summed E-state index contributed by atoms with van der Waals surface area (Å²) in [7, 11) is 5.97. The van der Waals surface area contributed by atoms with Crippen LogP contribution < -0.4 is 10.2 Å². The molecule has 1 atom stereocenters. The van der Waals surface area contributed by atoms with Crippen molar-refractivity contribution >= 4 is 11.6 Å². The summed E-state index contributed by atoms with van der Waals surface area (Å²) < 4.78 is 5.50. The summed E-state index contributed by atoms with van der Waals surface area (Å²) in [4.78, 5) is 16.9. The maximum atomic E-state index is 12.7. The van der Waals surface area contributed by atoms with Crippen LogP contribution in [0.2, 0.25) is 0 Å². The first-order valence-corrected chi connectivity index (χ1v) is 9.38. The lowest BCUT2D eigenvalue weighted by molar-refractivity contribution is 0.0939. The molecule has 0 fully saturated rings. The lowest BCUT2D eigenvalue weighted by atomic mass is 10.1. The molecule has 0 aliphatic rings. The molecule has 5 nitrogen and oxygen atoms in total. The van der Waals surface area contributed by atoms with Crippen molar-refractivity contribution in [3.63, 3.8) is 0 Å². The predicted octanol–water partition coefficient (Wildman–Crippen LogP) is 3.95. The van der Waals surface area contributed by atoms with Crippen molar-refractivity contribution in [2.75, 3.05) is 32.6 Å². The Morgan fingerprint density at radius 2 is 1.79 bits per heavy atom. The highest BCUT2D eigenvalue weighted by molar-refractivity contribution is 5.95. The summed E-state index contributed by atoms with van der Waals surface area (Å²) in [5, 5.41) is 3.03. The van der Waals surface area contributed by atoms with Gasteiger partial charge in [-0.2, -0.15) is 0 Å². The molecule has 2 aromatic carbocycles. The van der Waals surface area contributed by atoms with Crippen molar-refractivity contribution in [3.05, 3.63) is 89.9 Å². The van der Waals surface area contributed by atoms with Crippen molar-refractivity contribution in [1.82, 2.24) is 10.2 Å². The third-order valence-electron chi connectivity index (χ3n) is 4.76. The van der Waals surface area contributed by atoms with Crippen LogP contribution in [0, 0.1) is 0 Å². The van der Waals surface area contributed by atoms with E-state index >= 15 is 0 Å². The Labute approximate surface area is 166 Å². The molecule has 1 heterocycles. The van der Waals surface area contributed by atoms with E-state index in [4.69, 9.17) is 4.42 Å². The van der Waals surface area contributed by atoms with Crippen LogP contribution in [0.15, 0.2) is 77.4 Å². The Hall–Kier alpha value is -3.05. The summed E-state index contributed by atoms with van der Waals surface area (Å²) in [6.07, 6.45) is 1.65. The molecular weight excluding hydrogens is 350 g/mol. The van der Waals surface area contributed by atoms with Gasteiger partial charge >= 0.3 is 0 Å². The van der Waals surface area contributed by atoms with Crippen molar-refractivity contribution < 1.29 is 9.21 Å². The molecule has 1 aromatic heterocycles. The molecule has 0 saturated carbocycles. The molecule has 146 valence electrons. The smallest absolute Gasteiger partial charge is 0.251 e. The average molecular weight is 377 g/mol.